The standard InChI is InChI=1S/C26H30Cl2N2O3/c1-3-5-6-7-8-9-13-33-25-23(28)15-19(16-24(25)32-4-2)14-20(18-29)26(31)30-22-12-10-11-21(27)17-22/h10-12,14-17H,3-9,13H2,1-2H3,(H,30,31)/b20-14-. The number of carbonyl (C=O) groups excluding carboxylic acids is 1. The van der Waals surface area contributed by atoms with Gasteiger partial charge in [-0.05, 0) is 55.3 Å². The van der Waals surface area contributed by atoms with E-state index < -0.39 is 5.91 Å². The summed E-state index contributed by atoms with van der Waals surface area (Å²) in [4.78, 5) is 12.6. The molecule has 0 aliphatic heterocycles. The fraction of sp³-hybridized carbons (Fsp3) is 0.385. The maximum absolute atomic E-state index is 12.6. The van der Waals surface area contributed by atoms with Gasteiger partial charge in [0.15, 0.2) is 11.5 Å². The van der Waals surface area contributed by atoms with Crippen molar-refractivity contribution >= 4 is 40.9 Å². The number of nitriles is 1. The summed E-state index contributed by atoms with van der Waals surface area (Å²) < 4.78 is 11.6. The van der Waals surface area contributed by atoms with Crippen LogP contribution in [0.1, 0.15) is 57.9 Å². The Kier molecular flexibility index (Phi) is 11.6. The van der Waals surface area contributed by atoms with Gasteiger partial charge in [-0.1, -0.05) is 68.3 Å². The molecule has 0 heterocycles. The molecule has 2 aromatic carbocycles. The van der Waals surface area contributed by atoms with Crippen LogP contribution in [0.2, 0.25) is 10.0 Å². The lowest BCUT2D eigenvalue weighted by Crippen LogP contribution is -2.13. The quantitative estimate of drug-likeness (QED) is 0.178. The molecule has 0 radical (unpaired) electrons. The number of amides is 1. The molecular formula is C26H30Cl2N2O3. The first-order valence-electron chi connectivity index (χ1n) is 11.3. The fourth-order valence-electron chi connectivity index (χ4n) is 3.21. The Morgan fingerprint density at radius 2 is 1.82 bits per heavy atom. The molecule has 7 heteroatoms. The Labute approximate surface area is 206 Å². The van der Waals surface area contributed by atoms with E-state index in [9.17, 15) is 10.1 Å². The Morgan fingerprint density at radius 1 is 1.06 bits per heavy atom. The van der Waals surface area contributed by atoms with E-state index in [-0.39, 0.29) is 5.57 Å². The first-order chi connectivity index (χ1) is 16.0. The number of hydrogen-bond acceptors (Lipinski definition) is 4. The summed E-state index contributed by atoms with van der Waals surface area (Å²) >= 11 is 12.4. The van der Waals surface area contributed by atoms with Gasteiger partial charge in [-0.25, -0.2) is 0 Å². The number of unbranched alkanes of at least 4 members (excludes halogenated alkanes) is 5. The molecule has 0 aliphatic carbocycles. The Hall–Kier alpha value is -2.68. The summed E-state index contributed by atoms with van der Waals surface area (Å²) in [7, 11) is 0. The highest BCUT2D eigenvalue weighted by molar-refractivity contribution is 6.32. The lowest BCUT2D eigenvalue weighted by atomic mass is 10.1. The summed E-state index contributed by atoms with van der Waals surface area (Å²) in [5.41, 5.74) is 0.988. The topological polar surface area (TPSA) is 71.3 Å². The normalized spacial score (nSPS) is 11.1. The second-order valence-electron chi connectivity index (χ2n) is 7.51. The Balaban J connectivity index is 2.12. The number of halogens is 2. The lowest BCUT2D eigenvalue weighted by molar-refractivity contribution is -0.112. The zero-order valence-corrected chi connectivity index (χ0v) is 20.6. The minimum atomic E-state index is -0.544. The zero-order chi connectivity index (χ0) is 24.1. The highest BCUT2D eigenvalue weighted by atomic mass is 35.5. The van der Waals surface area contributed by atoms with Gasteiger partial charge in [-0.15, -0.1) is 0 Å². The second kappa shape index (κ2) is 14.5. The molecule has 0 saturated carbocycles. The molecule has 0 aliphatic rings. The minimum absolute atomic E-state index is 0.0748. The third-order valence-electron chi connectivity index (χ3n) is 4.83. The number of benzene rings is 2. The van der Waals surface area contributed by atoms with Gasteiger partial charge in [-0.2, -0.15) is 5.26 Å². The number of nitrogens with zero attached hydrogens (tertiary/aromatic N) is 1. The zero-order valence-electron chi connectivity index (χ0n) is 19.1. The molecule has 0 fully saturated rings. The monoisotopic (exact) mass is 488 g/mol. The van der Waals surface area contributed by atoms with Gasteiger partial charge in [0.1, 0.15) is 11.6 Å². The second-order valence-corrected chi connectivity index (χ2v) is 8.36. The van der Waals surface area contributed by atoms with E-state index in [1.54, 1.807) is 36.4 Å². The van der Waals surface area contributed by atoms with Gasteiger partial charge in [0, 0.05) is 10.7 Å². The van der Waals surface area contributed by atoms with Crippen molar-refractivity contribution in [1.29, 1.82) is 5.26 Å². The van der Waals surface area contributed by atoms with E-state index in [0.29, 0.717) is 46.0 Å². The van der Waals surface area contributed by atoms with Crippen LogP contribution in [0.4, 0.5) is 5.69 Å². The van der Waals surface area contributed by atoms with Gasteiger partial charge in [-0.3, -0.25) is 4.79 Å². The van der Waals surface area contributed by atoms with Crippen LogP contribution in [0.25, 0.3) is 6.08 Å². The highest BCUT2D eigenvalue weighted by Crippen LogP contribution is 2.37. The van der Waals surface area contributed by atoms with Crippen molar-refractivity contribution in [2.45, 2.75) is 52.4 Å². The first kappa shape index (κ1) is 26.6. The number of anilines is 1. The van der Waals surface area contributed by atoms with Crippen molar-refractivity contribution < 1.29 is 14.3 Å². The highest BCUT2D eigenvalue weighted by Gasteiger charge is 2.15. The number of ether oxygens (including phenoxy) is 2. The average molecular weight is 489 g/mol. The van der Waals surface area contributed by atoms with E-state index in [1.807, 2.05) is 13.0 Å². The SMILES string of the molecule is CCCCCCCCOc1c(Cl)cc(/C=C(/C#N)C(=O)Nc2cccc(Cl)c2)cc1OCC. The van der Waals surface area contributed by atoms with Gasteiger partial charge >= 0.3 is 0 Å². The number of hydrogen-bond donors (Lipinski definition) is 1. The third kappa shape index (κ3) is 9.00. The predicted molar refractivity (Wildman–Crippen MR) is 135 cm³/mol. The molecule has 33 heavy (non-hydrogen) atoms. The molecule has 2 rings (SSSR count). The smallest absolute Gasteiger partial charge is 0.266 e. The van der Waals surface area contributed by atoms with Crippen LogP contribution in [0.3, 0.4) is 0 Å². The van der Waals surface area contributed by atoms with E-state index >= 15 is 0 Å². The summed E-state index contributed by atoms with van der Waals surface area (Å²) in [5.74, 6) is 0.415. The van der Waals surface area contributed by atoms with Crippen LogP contribution in [0.5, 0.6) is 11.5 Å². The molecule has 0 aromatic heterocycles. The lowest BCUT2D eigenvalue weighted by Gasteiger charge is -2.14. The maximum atomic E-state index is 12.6. The van der Waals surface area contributed by atoms with Crippen molar-refractivity contribution in [3.05, 3.63) is 57.6 Å². The Bertz CT molecular complexity index is 1000. The molecule has 0 spiro atoms. The molecule has 2 aromatic rings. The van der Waals surface area contributed by atoms with Gasteiger partial charge in [0.2, 0.25) is 0 Å². The summed E-state index contributed by atoms with van der Waals surface area (Å²) in [6.07, 6.45) is 8.44. The van der Waals surface area contributed by atoms with Crippen molar-refractivity contribution in [3.8, 4) is 17.6 Å². The molecule has 0 unspecified atom stereocenters. The molecule has 1 amide bonds. The molecule has 0 atom stereocenters. The summed E-state index contributed by atoms with van der Waals surface area (Å²) in [6, 6.07) is 12.0. The van der Waals surface area contributed by atoms with E-state index in [1.165, 1.54) is 31.8 Å². The van der Waals surface area contributed by atoms with Crippen molar-refractivity contribution in [2.24, 2.45) is 0 Å². The van der Waals surface area contributed by atoms with Crippen LogP contribution in [0.15, 0.2) is 42.0 Å². The van der Waals surface area contributed by atoms with E-state index in [2.05, 4.69) is 12.2 Å². The predicted octanol–water partition coefficient (Wildman–Crippen LogP) is 7.68. The minimum Gasteiger partial charge on any atom is -0.490 e. The molecule has 1 N–H and O–H groups in total. The van der Waals surface area contributed by atoms with Gasteiger partial charge in [0.05, 0.1) is 18.2 Å². The molecule has 0 bridgehead atoms. The van der Waals surface area contributed by atoms with Gasteiger partial charge < -0.3 is 14.8 Å². The summed E-state index contributed by atoms with van der Waals surface area (Å²) in [6.45, 7) is 5.04. The number of nitrogens with one attached hydrogen (secondary N) is 1. The van der Waals surface area contributed by atoms with E-state index in [0.717, 1.165) is 12.8 Å². The van der Waals surface area contributed by atoms with Gasteiger partial charge in [0.25, 0.3) is 5.91 Å². The van der Waals surface area contributed by atoms with Crippen molar-refractivity contribution in [2.75, 3.05) is 18.5 Å². The first-order valence-corrected chi connectivity index (χ1v) is 12.0. The maximum Gasteiger partial charge on any atom is 0.266 e. The van der Waals surface area contributed by atoms with Crippen molar-refractivity contribution in [1.82, 2.24) is 0 Å². The van der Waals surface area contributed by atoms with Crippen LogP contribution in [0, 0.1) is 11.3 Å². The molecule has 0 saturated heterocycles. The average Bonchev–Trinajstić information content (AvgIpc) is 2.78. The van der Waals surface area contributed by atoms with Crippen LogP contribution < -0.4 is 14.8 Å². The largest absolute Gasteiger partial charge is 0.490 e. The third-order valence-corrected chi connectivity index (χ3v) is 5.35. The number of carbonyl (C=O) groups is 1. The van der Waals surface area contributed by atoms with Crippen LogP contribution in [-0.4, -0.2) is 19.1 Å². The van der Waals surface area contributed by atoms with E-state index in [4.69, 9.17) is 32.7 Å². The molecule has 5 nitrogen and oxygen atoms in total. The fourth-order valence-corrected chi connectivity index (χ4v) is 3.67. The summed E-state index contributed by atoms with van der Waals surface area (Å²) in [5, 5.41) is 13.0. The van der Waals surface area contributed by atoms with Crippen molar-refractivity contribution in [3.63, 3.8) is 0 Å². The van der Waals surface area contributed by atoms with Crippen LogP contribution in [-0.2, 0) is 4.79 Å². The number of rotatable bonds is 13. The molecule has 176 valence electrons. The molecular weight excluding hydrogens is 459 g/mol. The Morgan fingerprint density at radius 3 is 2.52 bits per heavy atom. The van der Waals surface area contributed by atoms with Crippen LogP contribution >= 0.6 is 23.2 Å².